The summed E-state index contributed by atoms with van der Waals surface area (Å²) in [6, 6.07) is 20.0. The van der Waals surface area contributed by atoms with Gasteiger partial charge in [0, 0.05) is 18.7 Å². The van der Waals surface area contributed by atoms with Crippen LogP contribution in [0.1, 0.15) is 28.2 Å². The minimum absolute atomic E-state index is 0.0308. The van der Waals surface area contributed by atoms with Crippen LogP contribution >= 0.6 is 11.6 Å². The number of hydrogen-bond donors (Lipinski definition) is 1. The number of rotatable bonds is 5. The minimum Gasteiger partial charge on any atom is -0.449 e. The molecular formula is C24H18ClN3O2. The van der Waals surface area contributed by atoms with Crippen LogP contribution in [0.2, 0.25) is 5.15 Å². The van der Waals surface area contributed by atoms with E-state index in [0.717, 1.165) is 5.56 Å². The summed E-state index contributed by atoms with van der Waals surface area (Å²) in [6.45, 7) is 0.567. The van der Waals surface area contributed by atoms with Crippen molar-refractivity contribution in [1.29, 1.82) is 5.26 Å². The van der Waals surface area contributed by atoms with Gasteiger partial charge in [-0.05, 0) is 33.9 Å². The Kier molecular flexibility index (Phi) is 5.78. The average molecular weight is 416 g/mol. The smallest absolute Gasteiger partial charge is 0.407 e. The van der Waals surface area contributed by atoms with Crippen LogP contribution in [0.25, 0.3) is 17.2 Å². The van der Waals surface area contributed by atoms with Crippen molar-refractivity contribution in [3.8, 4) is 17.2 Å². The van der Waals surface area contributed by atoms with Gasteiger partial charge in [-0.15, -0.1) is 0 Å². The molecule has 0 atom stereocenters. The number of amides is 1. The number of nitriles is 1. The molecule has 0 aliphatic heterocycles. The Hall–Kier alpha value is -3.62. The zero-order valence-electron chi connectivity index (χ0n) is 16.0. The van der Waals surface area contributed by atoms with E-state index in [-0.39, 0.29) is 17.7 Å². The Morgan fingerprint density at radius 1 is 1.17 bits per heavy atom. The largest absolute Gasteiger partial charge is 0.449 e. The van der Waals surface area contributed by atoms with Gasteiger partial charge < -0.3 is 10.1 Å². The first-order chi connectivity index (χ1) is 14.7. The highest BCUT2D eigenvalue weighted by Crippen LogP contribution is 2.44. The molecule has 1 aliphatic carbocycles. The van der Waals surface area contributed by atoms with Crippen molar-refractivity contribution < 1.29 is 9.53 Å². The maximum Gasteiger partial charge on any atom is 0.407 e. The van der Waals surface area contributed by atoms with Crippen molar-refractivity contribution in [2.24, 2.45) is 0 Å². The van der Waals surface area contributed by atoms with Crippen LogP contribution in [-0.2, 0) is 4.74 Å². The fraction of sp³-hybridized carbons (Fsp3) is 0.125. The maximum atomic E-state index is 12.1. The molecule has 0 unspecified atom stereocenters. The van der Waals surface area contributed by atoms with Gasteiger partial charge in [0.2, 0.25) is 0 Å². The predicted molar refractivity (Wildman–Crippen MR) is 116 cm³/mol. The number of alkyl carbamates (subject to hydrolysis) is 1. The van der Waals surface area contributed by atoms with Crippen molar-refractivity contribution in [1.82, 2.24) is 10.3 Å². The third-order valence-corrected chi connectivity index (χ3v) is 5.30. The molecule has 0 fully saturated rings. The van der Waals surface area contributed by atoms with Crippen LogP contribution in [0.3, 0.4) is 0 Å². The Labute approximate surface area is 179 Å². The number of benzene rings is 2. The van der Waals surface area contributed by atoms with Gasteiger partial charge in [0.05, 0.1) is 5.56 Å². The SMILES string of the molecule is N#Cc1cc(C=CCNC(=O)OCC2c3ccccc3-c3ccccc32)cnc1Cl. The fourth-order valence-electron chi connectivity index (χ4n) is 3.62. The number of hydrogen-bond acceptors (Lipinski definition) is 4. The van der Waals surface area contributed by atoms with E-state index >= 15 is 0 Å². The molecular weight excluding hydrogens is 398 g/mol. The van der Waals surface area contributed by atoms with Gasteiger partial charge >= 0.3 is 6.09 Å². The first-order valence-corrected chi connectivity index (χ1v) is 9.86. The lowest BCUT2D eigenvalue weighted by Gasteiger charge is -2.14. The highest BCUT2D eigenvalue weighted by atomic mass is 35.5. The summed E-state index contributed by atoms with van der Waals surface area (Å²) in [4.78, 5) is 16.1. The summed E-state index contributed by atoms with van der Waals surface area (Å²) >= 11 is 5.82. The van der Waals surface area contributed by atoms with E-state index in [1.807, 2.05) is 30.3 Å². The number of fused-ring (bicyclic) bond motifs is 3. The number of carbonyl (C=O) groups is 1. The van der Waals surface area contributed by atoms with Crippen LogP contribution in [0.15, 0.2) is 66.9 Å². The van der Waals surface area contributed by atoms with Crippen molar-refractivity contribution >= 4 is 23.8 Å². The van der Waals surface area contributed by atoms with E-state index in [2.05, 4.69) is 34.6 Å². The lowest BCUT2D eigenvalue weighted by molar-refractivity contribution is 0.144. The lowest BCUT2D eigenvalue weighted by atomic mass is 9.98. The Balaban J connectivity index is 1.33. The molecule has 1 amide bonds. The number of aromatic nitrogens is 1. The highest BCUT2D eigenvalue weighted by Gasteiger charge is 2.28. The molecule has 1 aromatic heterocycles. The molecule has 2 aromatic carbocycles. The van der Waals surface area contributed by atoms with Crippen LogP contribution in [0, 0.1) is 11.3 Å². The van der Waals surface area contributed by atoms with E-state index in [9.17, 15) is 4.79 Å². The number of nitrogens with one attached hydrogen (secondary N) is 1. The molecule has 6 heteroatoms. The highest BCUT2D eigenvalue weighted by molar-refractivity contribution is 6.30. The fourth-order valence-corrected chi connectivity index (χ4v) is 3.77. The molecule has 3 aromatic rings. The molecule has 4 rings (SSSR count). The van der Waals surface area contributed by atoms with Gasteiger partial charge in [-0.25, -0.2) is 9.78 Å². The van der Waals surface area contributed by atoms with Gasteiger partial charge in [0.25, 0.3) is 0 Å². The van der Waals surface area contributed by atoms with Gasteiger partial charge in [-0.1, -0.05) is 72.3 Å². The third kappa shape index (κ3) is 4.05. The first-order valence-electron chi connectivity index (χ1n) is 9.48. The number of carbonyl (C=O) groups excluding carboxylic acids is 1. The number of nitrogens with zero attached hydrogens (tertiary/aromatic N) is 2. The van der Waals surface area contributed by atoms with E-state index in [0.29, 0.717) is 12.1 Å². The second-order valence-corrected chi connectivity index (χ2v) is 7.19. The number of ether oxygens (including phenoxy) is 1. The summed E-state index contributed by atoms with van der Waals surface area (Å²) in [7, 11) is 0. The molecule has 1 N–H and O–H groups in total. The standard InChI is InChI=1S/C24H18ClN3O2/c25-23-17(13-26)12-16(14-28-23)6-5-11-27-24(29)30-15-22-20-9-3-1-7-18(20)19-8-2-4-10-21(19)22/h1-10,12,14,22H,11,15H2,(H,27,29). The summed E-state index contributed by atoms with van der Waals surface area (Å²) in [5.74, 6) is 0.0308. The van der Waals surface area contributed by atoms with Crippen LogP contribution in [0.5, 0.6) is 0 Å². The topological polar surface area (TPSA) is 75.0 Å². The predicted octanol–water partition coefficient (Wildman–Crippen LogP) is 5.16. The van der Waals surface area contributed by atoms with Gasteiger partial charge in [-0.3, -0.25) is 0 Å². The van der Waals surface area contributed by atoms with Crippen LogP contribution in [0.4, 0.5) is 4.79 Å². The van der Waals surface area contributed by atoms with Crippen molar-refractivity contribution in [3.63, 3.8) is 0 Å². The van der Waals surface area contributed by atoms with Crippen LogP contribution < -0.4 is 5.32 Å². The summed E-state index contributed by atoms with van der Waals surface area (Å²) in [6.07, 6.45) is 4.60. The molecule has 0 bridgehead atoms. The lowest BCUT2D eigenvalue weighted by Crippen LogP contribution is -2.26. The zero-order chi connectivity index (χ0) is 20.9. The van der Waals surface area contributed by atoms with Crippen molar-refractivity contribution in [2.45, 2.75) is 5.92 Å². The monoisotopic (exact) mass is 415 g/mol. The molecule has 0 spiro atoms. The number of pyridine rings is 1. The quantitative estimate of drug-likeness (QED) is 0.584. The van der Waals surface area contributed by atoms with Gasteiger partial charge in [0.1, 0.15) is 17.8 Å². The Bertz CT molecular complexity index is 1120. The summed E-state index contributed by atoms with van der Waals surface area (Å²) in [5.41, 5.74) is 5.77. The minimum atomic E-state index is -0.478. The third-order valence-electron chi connectivity index (χ3n) is 5.00. The van der Waals surface area contributed by atoms with E-state index in [1.165, 1.54) is 22.3 Å². The van der Waals surface area contributed by atoms with E-state index < -0.39 is 6.09 Å². The molecule has 1 aliphatic rings. The molecule has 0 radical (unpaired) electrons. The molecule has 1 heterocycles. The molecule has 148 valence electrons. The van der Waals surface area contributed by atoms with Crippen molar-refractivity contribution in [3.05, 3.63) is 94.3 Å². The first kappa shape index (κ1) is 19.7. The second kappa shape index (κ2) is 8.81. The summed E-state index contributed by atoms with van der Waals surface area (Å²) < 4.78 is 5.49. The Morgan fingerprint density at radius 3 is 2.50 bits per heavy atom. The molecule has 30 heavy (non-hydrogen) atoms. The number of halogens is 1. The Morgan fingerprint density at radius 2 is 1.83 bits per heavy atom. The van der Waals surface area contributed by atoms with Gasteiger partial charge in [-0.2, -0.15) is 5.26 Å². The summed E-state index contributed by atoms with van der Waals surface area (Å²) in [5, 5.41) is 11.9. The normalized spacial score (nSPS) is 12.3. The zero-order valence-corrected chi connectivity index (χ0v) is 16.8. The molecule has 0 saturated heterocycles. The van der Waals surface area contributed by atoms with E-state index in [4.69, 9.17) is 21.6 Å². The molecule has 0 saturated carbocycles. The average Bonchev–Trinajstić information content (AvgIpc) is 3.10. The van der Waals surface area contributed by atoms with Gasteiger partial charge in [0.15, 0.2) is 0 Å². The van der Waals surface area contributed by atoms with E-state index in [1.54, 1.807) is 24.4 Å². The molecule has 5 nitrogen and oxygen atoms in total. The maximum absolute atomic E-state index is 12.1. The van der Waals surface area contributed by atoms with Crippen molar-refractivity contribution in [2.75, 3.05) is 13.2 Å². The van der Waals surface area contributed by atoms with Crippen LogP contribution in [-0.4, -0.2) is 24.2 Å². The second-order valence-electron chi connectivity index (χ2n) is 6.83.